The van der Waals surface area contributed by atoms with Gasteiger partial charge in [-0.25, -0.2) is 0 Å². The van der Waals surface area contributed by atoms with Gasteiger partial charge >= 0.3 is 5.97 Å². The molecule has 65 heavy (non-hydrogen) atoms. The van der Waals surface area contributed by atoms with Crippen molar-refractivity contribution in [1.29, 1.82) is 0 Å². The molecule has 0 aromatic heterocycles. The van der Waals surface area contributed by atoms with E-state index >= 15 is 0 Å². The summed E-state index contributed by atoms with van der Waals surface area (Å²) in [5.41, 5.74) is 3.13. The number of nitrogens with zero attached hydrogens (tertiary/aromatic N) is 2. The van der Waals surface area contributed by atoms with Gasteiger partial charge in [-0.2, -0.15) is 21.4 Å². The molecule has 0 saturated carbocycles. The van der Waals surface area contributed by atoms with Crippen LogP contribution >= 0.6 is 0 Å². The van der Waals surface area contributed by atoms with Gasteiger partial charge in [0.05, 0.1) is 74.7 Å². The Hall–Kier alpha value is -3.86. The van der Waals surface area contributed by atoms with E-state index in [4.69, 9.17) is 33.2 Å². The second-order valence-corrected chi connectivity index (χ2v) is 18.9. The SMILES string of the molecule is COCCOCCOCCC1(C)C(/C=C/C=C/C=C2/N(CCOC)c3ccc(S(=O)(=O)O)cc3C2(C)CCOCCOCCOC)=[N+](CCCCCC(=O)O)c2ccc(S(=O)(=O)O)cc21. The minimum absolute atomic E-state index is 0.0569. The maximum atomic E-state index is 12.4. The molecular formula is C46H67N2O15S2+. The van der Waals surface area contributed by atoms with Crippen LogP contribution in [0.15, 0.2) is 82.3 Å². The van der Waals surface area contributed by atoms with Gasteiger partial charge in [0.2, 0.25) is 5.69 Å². The molecule has 0 saturated heterocycles. The zero-order chi connectivity index (χ0) is 47.5. The molecule has 0 spiro atoms. The second kappa shape index (κ2) is 25.9. The van der Waals surface area contributed by atoms with Crippen molar-refractivity contribution in [2.24, 2.45) is 0 Å². The molecule has 2 aromatic rings. The van der Waals surface area contributed by atoms with Gasteiger partial charge in [-0.3, -0.25) is 13.9 Å². The van der Waals surface area contributed by atoms with Gasteiger partial charge in [0.15, 0.2) is 5.71 Å². The number of aliphatic carboxylic acids is 1. The fraction of sp³-hybridized carbons (Fsp3) is 0.565. The van der Waals surface area contributed by atoms with E-state index in [2.05, 4.69) is 9.48 Å². The van der Waals surface area contributed by atoms with E-state index in [0.29, 0.717) is 129 Å². The van der Waals surface area contributed by atoms with Crippen molar-refractivity contribution in [2.45, 2.75) is 73.0 Å². The Morgan fingerprint density at radius 2 is 1.20 bits per heavy atom. The first-order valence-corrected chi connectivity index (χ1v) is 24.6. The third kappa shape index (κ3) is 15.1. The second-order valence-electron chi connectivity index (χ2n) is 16.1. The maximum absolute atomic E-state index is 12.4. The van der Waals surface area contributed by atoms with Crippen LogP contribution in [0.25, 0.3) is 0 Å². The number of allylic oxidation sites excluding steroid dienone is 6. The van der Waals surface area contributed by atoms with Gasteiger partial charge in [-0.05, 0) is 81.5 Å². The Kier molecular flexibility index (Phi) is 21.4. The van der Waals surface area contributed by atoms with E-state index in [1.807, 2.05) is 44.2 Å². The van der Waals surface area contributed by atoms with Crippen molar-refractivity contribution in [3.63, 3.8) is 0 Å². The van der Waals surface area contributed by atoms with Crippen molar-refractivity contribution in [3.8, 4) is 0 Å². The number of carboxylic acids is 1. The summed E-state index contributed by atoms with van der Waals surface area (Å²) in [7, 11) is -4.22. The average Bonchev–Trinajstić information content (AvgIpc) is 3.63. The Bertz CT molecular complexity index is 2230. The average molecular weight is 952 g/mol. The highest BCUT2D eigenvalue weighted by Crippen LogP contribution is 2.51. The van der Waals surface area contributed by atoms with E-state index in [1.165, 1.54) is 24.3 Å². The van der Waals surface area contributed by atoms with Crippen LogP contribution in [0.2, 0.25) is 0 Å². The predicted octanol–water partition coefficient (Wildman–Crippen LogP) is 5.74. The lowest BCUT2D eigenvalue weighted by Gasteiger charge is -2.30. The van der Waals surface area contributed by atoms with Crippen molar-refractivity contribution in [1.82, 2.24) is 0 Å². The number of hydrogen-bond acceptors (Lipinski definition) is 13. The van der Waals surface area contributed by atoms with Gasteiger partial charge in [0.1, 0.15) is 6.54 Å². The van der Waals surface area contributed by atoms with Crippen LogP contribution in [-0.2, 0) is 69.0 Å². The molecule has 362 valence electrons. The highest BCUT2D eigenvalue weighted by molar-refractivity contribution is 7.86. The molecule has 2 aromatic carbocycles. The summed E-state index contributed by atoms with van der Waals surface area (Å²) >= 11 is 0. The first kappa shape index (κ1) is 53.8. The molecule has 2 unspecified atom stereocenters. The lowest BCUT2D eigenvalue weighted by Crippen LogP contribution is -2.33. The van der Waals surface area contributed by atoms with Crippen LogP contribution in [0, 0.1) is 0 Å². The molecule has 4 rings (SSSR count). The fourth-order valence-corrected chi connectivity index (χ4v) is 9.15. The third-order valence-corrected chi connectivity index (χ3v) is 13.3. The van der Waals surface area contributed by atoms with Crippen LogP contribution in [0.1, 0.15) is 63.5 Å². The molecular weight excluding hydrogens is 885 g/mol. The number of carboxylic acid groups (broad SMARTS) is 1. The molecule has 0 fully saturated rings. The number of rotatable bonds is 32. The molecule has 19 heteroatoms. The summed E-state index contributed by atoms with van der Waals surface area (Å²) in [5, 5.41) is 9.22. The van der Waals surface area contributed by atoms with E-state index in [9.17, 15) is 35.8 Å². The normalized spacial score (nSPS) is 19.4. The van der Waals surface area contributed by atoms with Gasteiger partial charge in [-0.15, -0.1) is 0 Å². The summed E-state index contributed by atoms with van der Waals surface area (Å²) in [6.07, 6.45) is 12.4. The highest BCUT2D eigenvalue weighted by atomic mass is 32.2. The highest BCUT2D eigenvalue weighted by Gasteiger charge is 2.48. The number of methoxy groups -OCH3 is 3. The Morgan fingerprint density at radius 3 is 1.77 bits per heavy atom. The molecule has 2 heterocycles. The summed E-state index contributed by atoms with van der Waals surface area (Å²) in [6, 6.07) is 9.17. The number of carbonyl (C=O) groups is 1. The molecule has 0 aliphatic carbocycles. The largest absolute Gasteiger partial charge is 0.481 e. The summed E-state index contributed by atoms with van der Waals surface area (Å²) in [6.45, 7) is 9.26. The molecule has 2 aliphatic heterocycles. The minimum Gasteiger partial charge on any atom is -0.481 e. The fourth-order valence-electron chi connectivity index (χ4n) is 8.14. The van der Waals surface area contributed by atoms with E-state index in [0.717, 1.165) is 22.8 Å². The minimum atomic E-state index is -4.53. The zero-order valence-corrected chi connectivity index (χ0v) is 39.9. The quantitative estimate of drug-likeness (QED) is 0.0345. The first-order valence-electron chi connectivity index (χ1n) is 21.7. The molecule has 0 amide bonds. The smallest absolute Gasteiger partial charge is 0.303 e. The lowest BCUT2D eigenvalue weighted by molar-refractivity contribution is -0.438. The topological polar surface area (TPSA) is 217 Å². The number of anilines is 1. The molecule has 2 aliphatic rings. The van der Waals surface area contributed by atoms with Gasteiger partial charge in [-0.1, -0.05) is 18.2 Å². The Balaban J connectivity index is 1.72. The van der Waals surface area contributed by atoms with Crippen molar-refractivity contribution in [3.05, 3.63) is 83.6 Å². The number of fused-ring (bicyclic) bond motifs is 2. The summed E-state index contributed by atoms with van der Waals surface area (Å²) in [5.74, 6) is -0.859. The number of benzene rings is 2. The summed E-state index contributed by atoms with van der Waals surface area (Å²) in [4.78, 5) is 12.9. The number of hydrogen-bond donors (Lipinski definition) is 3. The molecule has 0 radical (unpaired) electrons. The molecule has 17 nitrogen and oxygen atoms in total. The monoisotopic (exact) mass is 951 g/mol. The van der Waals surface area contributed by atoms with Crippen LogP contribution in [0.3, 0.4) is 0 Å². The predicted molar refractivity (Wildman–Crippen MR) is 245 cm³/mol. The van der Waals surface area contributed by atoms with E-state index in [-0.39, 0.29) is 16.2 Å². The lowest BCUT2D eigenvalue weighted by atomic mass is 9.76. The van der Waals surface area contributed by atoms with Gasteiger partial charge in [0, 0.05) is 88.4 Å². The molecule has 2 atom stereocenters. The van der Waals surface area contributed by atoms with Crippen molar-refractivity contribution in [2.75, 3.05) is 112 Å². The Morgan fingerprint density at radius 1 is 0.662 bits per heavy atom. The third-order valence-electron chi connectivity index (χ3n) is 11.6. The Labute approximate surface area is 384 Å². The standard InChI is InChI=1S/C46H66N2O15S2/c1-45(19-23-60-30-32-62-28-26-58-4)38-34-36(64(51,52)53)15-17-40(38)47(21-11-7-10-14-44(49)50)42(45)12-8-6-9-13-43-46(2,20-24-61-31-33-63-29-27-59-5)39-35-37(65(54,55)56)16-18-41(39)48(43)22-25-57-3/h6,8-9,12-13,15-18,34-35H,7,10-11,14,19-33H2,1-5H3,(H2-,49,50,51,52,53,54,55,56)/p+1. The van der Waals surface area contributed by atoms with Crippen molar-refractivity contribution < 1.29 is 73.6 Å². The van der Waals surface area contributed by atoms with Crippen LogP contribution < -0.4 is 4.90 Å². The van der Waals surface area contributed by atoms with E-state index < -0.39 is 37.0 Å². The number of ether oxygens (including phenoxy) is 7. The number of unbranched alkanes of at least 4 members (excludes halogenated alkanes) is 2. The van der Waals surface area contributed by atoms with Gasteiger partial charge < -0.3 is 43.2 Å². The summed E-state index contributed by atoms with van der Waals surface area (Å²) < 4.78 is 110. The molecule has 3 N–H and O–H groups in total. The van der Waals surface area contributed by atoms with Crippen LogP contribution in [-0.4, -0.2) is 154 Å². The first-order chi connectivity index (χ1) is 31.0. The maximum Gasteiger partial charge on any atom is 0.303 e. The van der Waals surface area contributed by atoms with Crippen molar-refractivity contribution >= 4 is 43.3 Å². The van der Waals surface area contributed by atoms with E-state index in [1.54, 1.807) is 33.5 Å². The van der Waals surface area contributed by atoms with Crippen LogP contribution in [0.4, 0.5) is 11.4 Å². The van der Waals surface area contributed by atoms with Crippen LogP contribution in [0.5, 0.6) is 0 Å². The van der Waals surface area contributed by atoms with Gasteiger partial charge in [0.25, 0.3) is 20.2 Å². The molecule has 0 bridgehead atoms. The zero-order valence-electron chi connectivity index (χ0n) is 38.2.